The third kappa shape index (κ3) is 3.79. The maximum absolute atomic E-state index is 12.9. The standard InChI is InChI=1S/C23H24N4O2/c28-22-13-21(18-5-6-18)24-15-27(22)14-16-9-11-26(12-10-16)23(29)20-8-7-17-3-1-2-4-19(17)25-20/h1-4,7-8,13,15-16,18H,5-6,9-12,14H2. The maximum atomic E-state index is 12.9. The molecule has 3 heterocycles. The van der Waals surface area contributed by atoms with Gasteiger partial charge in [-0.1, -0.05) is 24.3 Å². The molecule has 1 aromatic carbocycles. The number of likely N-dealkylation sites (tertiary alicyclic amines) is 1. The number of carbonyl (C=O) groups is 1. The van der Waals surface area contributed by atoms with Crippen LogP contribution in [0.1, 0.15) is 47.8 Å². The third-order valence-electron chi connectivity index (χ3n) is 6.07. The van der Waals surface area contributed by atoms with Gasteiger partial charge in [-0.3, -0.25) is 14.2 Å². The molecule has 1 saturated heterocycles. The van der Waals surface area contributed by atoms with Crippen molar-refractivity contribution in [1.29, 1.82) is 0 Å². The Hall–Kier alpha value is -3.02. The average molecular weight is 388 g/mol. The summed E-state index contributed by atoms with van der Waals surface area (Å²) < 4.78 is 1.72. The van der Waals surface area contributed by atoms with Crippen molar-refractivity contribution in [2.75, 3.05) is 13.1 Å². The Balaban J connectivity index is 1.21. The fourth-order valence-electron chi connectivity index (χ4n) is 4.12. The summed E-state index contributed by atoms with van der Waals surface area (Å²) >= 11 is 0. The molecular weight excluding hydrogens is 364 g/mol. The lowest BCUT2D eigenvalue weighted by molar-refractivity contribution is 0.0676. The summed E-state index contributed by atoms with van der Waals surface area (Å²) in [6, 6.07) is 13.3. The van der Waals surface area contributed by atoms with Crippen LogP contribution < -0.4 is 5.56 Å². The van der Waals surface area contributed by atoms with E-state index in [-0.39, 0.29) is 11.5 Å². The molecule has 1 amide bonds. The minimum absolute atomic E-state index is 0.0122. The van der Waals surface area contributed by atoms with Crippen LogP contribution in [0.25, 0.3) is 10.9 Å². The van der Waals surface area contributed by atoms with Gasteiger partial charge in [-0.05, 0) is 43.7 Å². The fraction of sp³-hybridized carbons (Fsp3) is 0.391. The molecule has 0 radical (unpaired) electrons. The van der Waals surface area contributed by atoms with Gasteiger partial charge in [0.25, 0.3) is 11.5 Å². The zero-order valence-electron chi connectivity index (χ0n) is 16.3. The van der Waals surface area contributed by atoms with Crippen LogP contribution in [0.4, 0.5) is 0 Å². The lowest BCUT2D eigenvalue weighted by Gasteiger charge is -2.32. The number of hydrogen-bond acceptors (Lipinski definition) is 4. The summed E-state index contributed by atoms with van der Waals surface area (Å²) in [6.07, 6.45) is 5.77. The highest BCUT2D eigenvalue weighted by atomic mass is 16.2. The van der Waals surface area contributed by atoms with Crippen molar-refractivity contribution in [3.05, 3.63) is 70.5 Å². The van der Waals surface area contributed by atoms with Crippen molar-refractivity contribution in [2.45, 2.75) is 38.1 Å². The van der Waals surface area contributed by atoms with E-state index in [9.17, 15) is 9.59 Å². The minimum atomic E-state index is -0.0122. The van der Waals surface area contributed by atoms with Gasteiger partial charge in [-0.2, -0.15) is 0 Å². The molecule has 1 aliphatic carbocycles. The van der Waals surface area contributed by atoms with Gasteiger partial charge in [-0.25, -0.2) is 9.97 Å². The first-order valence-electron chi connectivity index (χ1n) is 10.4. The fourth-order valence-corrected chi connectivity index (χ4v) is 4.12. The Morgan fingerprint density at radius 3 is 2.59 bits per heavy atom. The van der Waals surface area contributed by atoms with Gasteiger partial charge in [0, 0.05) is 37.0 Å². The molecule has 148 valence electrons. The van der Waals surface area contributed by atoms with E-state index < -0.39 is 0 Å². The third-order valence-corrected chi connectivity index (χ3v) is 6.07. The Kier molecular flexibility index (Phi) is 4.62. The topological polar surface area (TPSA) is 68.1 Å². The first-order valence-corrected chi connectivity index (χ1v) is 10.4. The molecule has 1 aliphatic heterocycles. The highest BCUT2D eigenvalue weighted by Gasteiger charge is 2.27. The van der Waals surface area contributed by atoms with Crippen LogP contribution in [0.3, 0.4) is 0 Å². The van der Waals surface area contributed by atoms with Crippen molar-refractivity contribution >= 4 is 16.8 Å². The maximum Gasteiger partial charge on any atom is 0.272 e. The van der Waals surface area contributed by atoms with Crippen LogP contribution in [0.5, 0.6) is 0 Å². The van der Waals surface area contributed by atoms with Gasteiger partial charge in [0.15, 0.2) is 0 Å². The van der Waals surface area contributed by atoms with Crippen LogP contribution in [0.2, 0.25) is 0 Å². The summed E-state index contributed by atoms with van der Waals surface area (Å²) in [5, 5.41) is 1.04. The van der Waals surface area contributed by atoms with Crippen molar-refractivity contribution in [3.63, 3.8) is 0 Å². The molecule has 1 saturated carbocycles. The highest BCUT2D eigenvalue weighted by molar-refractivity contribution is 5.94. The van der Waals surface area contributed by atoms with E-state index in [2.05, 4.69) is 9.97 Å². The van der Waals surface area contributed by atoms with Gasteiger partial charge >= 0.3 is 0 Å². The molecule has 0 bridgehead atoms. The van der Waals surface area contributed by atoms with Crippen LogP contribution in [0, 0.1) is 5.92 Å². The monoisotopic (exact) mass is 388 g/mol. The second-order valence-electron chi connectivity index (χ2n) is 8.20. The molecule has 3 aromatic rings. The number of hydrogen-bond donors (Lipinski definition) is 0. The van der Waals surface area contributed by atoms with E-state index in [0.717, 1.165) is 42.3 Å². The zero-order chi connectivity index (χ0) is 19.8. The zero-order valence-corrected chi connectivity index (χ0v) is 16.3. The SMILES string of the molecule is O=C(c1ccc2ccccc2n1)N1CCC(Cn2cnc(C3CC3)cc2=O)CC1. The Morgan fingerprint density at radius 2 is 1.83 bits per heavy atom. The molecule has 5 rings (SSSR count). The summed E-state index contributed by atoms with van der Waals surface area (Å²) in [4.78, 5) is 36.1. The molecular formula is C23H24N4O2. The largest absolute Gasteiger partial charge is 0.337 e. The van der Waals surface area contributed by atoms with E-state index in [1.807, 2.05) is 41.3 Å². The molecule has 0 spiro atoms. The number of nitrogens with zero attached hydrogens (tertiary/aromatic N) is 4. The van der Waals surface area contributed by atoms with Gasteiger partial charge in [-0.15, -0.1) is 0 Å². The van der Waals surface area contributed by atoms with E-state index >= 15 is 0 Å². The average Bonchev–Trinajstić information content (AvgIpc) is 3.60. The van der Waals surface area contributed by atoms with Gasteiger partial charge < -0.3 is 4.90 Å². The van der Waals surface area contributed by atoms with E-state index in [1.165, 1.54) is 0 Å². The molecule has 2 aromatic heterocycles. The summed E-state index contributed by atoms with van der Waals surface area (Å²) in [5.74, 6) is 0.868. The summed E-state index contributed by atoms with van der Waals surface area (Å²) in [5.41, 5.74) is 2.32. The first-order chi connectivity index (χ1) is 14.2. The van der Waals surface area contributed by atoms with Crippen LogP contribution >= 0.6 is 0 Å². The first kappa shape index (κ1) is 18.0. The minimum Gasteiger partial charge on any atom is -0.337 e. The smallest absolute Gasteiger partial charge is 0.272 e. The van der Waals surface area contributed by atoms with Crippen LogP contribution in [-0.4, -0.2) is 38.4 Å². The Labute approximate surface area is 169 Å². The van der Waals surface area contributed by atoms with E-state index in [1.54, 1.807) is 17.0 Å². The number of rotatable bonds is 4. The predicted molar refractivity (Wildman–Crippen MR) is 111 cm³/mol. The number of benzene rings is 1. The lowest BCUT2D eigenvalue weighted by atomic mass is 9.96. The molecule has 0 atom stereocenters. The second kappa shape index (κ2) is 7.43. The molecule has 6 nitrogen and oxygen atoms in total. The van der Waals surface area contributed by atoms with Crippen molar-refractivity contribution in [1.82, 2.24) is 19.4 Å². The second-order valence-corrected chi connectivity index (χ2v) is 8.20. The van der Waals surface area contributed by atoms with E-state index in [0.29, 0.717) is 37.2 Å². The van der Waals surface area contributed by atoms with Crippen molar-refractivity contribution in [2.24, 2.45) is 5.92 Å². The lowest BCUT2D eigenvalue weighted by Crippen LogP contribution is -2.40. The molecule has 0 N–H and O–H groups in total. The number of aromatic nitrogens is 3. The number of amides is 1. The quantitative estimate of drug-likeness (QED) is 0.688. The number of para-hydroxylation sites is 1. The molecule has 0 unspecified atom stereocenters. The summed E-state index contributed by atoms with van der Waals surface area (Å²) in [6.45, 7) is 2.06. The molecule has 2 fully saturated rings. The molecule has 29 heavy (non-hydrogen) atoms. The van der Waals surface area contributed by atoms with Gasteiger partial charge in [0.2, 0.25) is 0 Å². The predicted octanol–water partition coefficient (Wildman–Crippen LogP) is 3.22. The normalized spacial score (nSPS) is 17.6. The molecule has 2 aliphatic rings. The number of pyridine rings is 1. The van der Waals surface area contributed by atoms with Crippen molar-refractivity contribution in [3.8, 4) is 0 Å². The van der Waals surface area contributed by atoms with Gasteiger partial charge in [0.05, 0.1) is 17.5 Å². The van der Waals surface area contributed by atoms with Crippen LogP contribution in [0.15, 0.2) is 53.6 Å². The van der Waals surface area contributed by atoms with E-state index in [4.69, 9.17) is 0 Å². The van der Waals surface area contributed by atoms with Crippen LogP contribution in [-0.2, 0) is 6.54 Å². The Bertz CT molecular complexity index is 1110. The van der Waals surface area contributed by atoms with Gasteiger partial charge in [0.1, 0.15) is 5.69 Å². The van der Waals surface area contributed by atoms with Crippen molar-refractivity contribution < 1.29 is 4.79 Å². The Morgan fingerprint density at radius 1 is 1.03 bits per heavy atom. The highest BCUT2D eigenvalue weighted by Crippen LogP contribution is 2.38. The number of carbonyl (C=O) groups excluding carboxylic acids is 1. The number of fused-ring (bicyclic) bond motifs is 1. The number of piperidine rings is 1. The summed E-state index contributed by atoms with van der Waals surface area (Å²) in [7, 11) is 0. The molecule has 6 heteroatoms.